The normalized spacial score (nSPS) is 10.9. The van der Waals surface area contributed by atoms with Gasteiger partial charge < -0.3 is 10.5 Å². The van der Waals surface area contributed by atoms with Crippen molar-refractivity contribution in [1.82, 2.24) is 4.98 Å². The monoisotopic (exact) mass is 213 g/mol. The molecule has 1 aromatic heterocycles. The Morgan fingerprint density at radius 3 is 2.71 bits per heavy atom. The van der Waals surface area contributed by atoms with Gasteiger partial charge in [0.1, 0.15) is 5.84 Å². The van der Waals surface area contributed by atoms with Gasteiger partial charge in [-0.1, -0.05) is 13.8 Å². The molecule has 1 aromatic rings. The third kappa shape index (κ3) is 2.30. The number of aromatic nitrogens is 1. The van der Waals surface area contributed by atoms with Crippen LogP contribution < -0.4 is 5.73 Å². The maximum atomic E-state index is 7.40. The van der Waals surface area contributed by atoms with E-state index in [1.807, 2.05) is 0 Å². The lowest BCUT2D eigenvalue weighted by Crippen LogP contribution is -2.11. The second kappa shape index (κ2) is 4.52. The van der Waals surface area contributed by atoms with E-state index >= 15 is 0 Å². The van der Waals surface area contributed by atoms with Gasteiger partial charge in [-0.25, -0.2) is 4.98 Å². The first-order valence-electron chi connectivity index (χ1n) is 4.39. The SMILES string of the molecule is COCc1nc(C(C)C)sc1C(=N)N. The molecule has 0 amide bonds. The number of nitrogens with one attached hydrogen (secondary N) is 1. The quantitative estimate of drug-likeness (QED) is 0.590. The van der Waals surface area contributed by atoms with Crippen LogP contribution in [0.4, 0.5) is 0 Å². The van der Waals surface area contributed by atoms with Crippen molar-refractivity contribution < 1.29 is 4.74 Å². The predicted octanol–water partition coefficient (Wildman–Crippen LogP) is 1.70. The number of nitrogens with zero attached hydrogens (tertiary/aromatic N) is 1. The zero-order valence-electron chi connectivity index (χ0n) is 8.63. The molecule has 0 saturated heterocycles. The molecule has 0 aliphatic heterocycles. The van der Waals surface area contributed by atoms with Gasteiger partial charge in [-0.2, -0.15) is 0 Å². The van der Waals surface area contributed by atoms with Crippen LogP contribution in [0.25, 0.3) is 0 Å². The van der Waals surface area contributed by atoms with Crippen LogP contribution in [0.15, 0.2) is 0 Å². The molecule has 5 heteroatoms. The minimum Gasteiger partial charge on any atom is -0.383 e. The van der Waals surface area contributed by atoms with E-state index in [1.165, 1.54) is 11.3 Å². The van der Waals surface area contributed by atoms with Crippen LogP contribution in [0, 0.1) is 5.41 Å². The number of amidine groups is 1. The highest BCUT2D eigenvalue weighted by Crippen LogP contribution is 2.24. The summed E-state index contributed by atoms with van der Waals surface area (Å²) in [6, 6.07) is 0. The van der Waals surface area contributed by atoms with E-state index in [0.717, 1.165) is 15.6 Å². The topological polar surface area (TPSA) is 72.0 Å². The summed E-state index contributed by atoms with van der Waals surface area (Å²) in [7, 11) is 1.61. The predicted molar refractivity (Wildman–Crippen MR) is 57.9 cm³/mol. The van der Waals surface area contributed by atoms with Crippen LogP contribution in [0.3, 0.4) is 0 Å². The summed E-state index contributed by atoms with van der Waals surface area (Å²) in [6.45, 7) is 4.55. The van der Waals surface area contributed by atoms with Crippen LogP contribution in [0.2, 0.25) is 0 Å². The van der Waals surface area contributed by atoms with Crippen molar-refractivity contribution in [1.29, 1.82) is 5.41 Å². The Kier molecular flexibility index (Phi) is 3.60. The highest BCUT2D eigenvalue weighted by molar-refractivity contribution is 7.13. The number of hydrogen-bond donors (Lipinski definition) is 2. The molecular formula is C9H15N3OS. The molecule has 0 aromatic carbocycles. The van der Waals surface area contributed by atoms with Gasteiger partial charge in [0.15, 0.2) is 0 Å². The molecule has 4 nitrogen and oxygen atoms in total. The van der Waals surface area contributed by atoms with E-state index in [-0.39, 0.29) is 5.84 Å². The van der Waals surface area contributed by atoms with E-state index in [9.17, 15) is 0 Å². The summed E-state index contributed by atoms with van der Waals surface area (Å²) in [5.74, 6) is 0.435. The standard InChI is InChI=1S/C9H15N3OS/c1-5(2)9-12-6(4-13-3)7(14-9)8(10)11/h5H,4H2,1-3H3,(H3,10,11). The fraction of sp³-hybridized carbons (Fsp3) is 0.556. The van der Waals surface area contributed by atoms with Crippen molar-refractivity contribution in [2.75, 3.05) is 7.11 Å². The van der Waals surface area contributed by atoms with Gasteiger partial charge in [0.2, 0.25) is 0 Å². The van der Waals surface area contributed by atoms with Crippen molar-refractivity contribution in [3.63, 3.8) is 0 Å². The largest absolute Gasteiger partial charge is 0.383 e. The van der Waals surface area contributed by atoms with Crippen molar-refractivity contribution in [3.8, 4) is 0 Å². The van der Waals surface area contributed by atoms with E-state index in [2.05, 4.69) is 18.8 Å². The highest BCUT2D eigenvalue weighted by Gasteiger charge is 2.14. The van der Waals surface area contributed by atoms with Gasteiger partial charge in [-0.15, -0.1) is 11.3 Å². The Labute approximate surface area is 87.6 Å². The minimum atomic E-state index is 0.0708. The summed E-state index contributed by atoms with van der Waals surface area (Å²) in [5, 5.41) is 8.40. The summed E-state index contributed by atoms with van der Waals surface area (Å²) in [5.41, 5.74) is 6.23. The Balaban J connectivity index is 3.05. The molecule has 0 spiro atoms. The molecule has 0 aliphatic carbocycles. The molecule has 0 radical (unpaired) electrons. The van der Waals surface area contributed by atoms with Crippen LogP contribution in [0.5, 0.6) is 0 Å². The lowest BCUT2D eigenvalue weighted by molar-refractivity contribution is 0.181. The first-order valence-corrected chi connectivity index (χ1v) is 5.20. The number of rotatable bonds is 4. The minimum absolute atomic E-state index is 0.0708. The fourth-order valence-electron chi connectivity index (χ4n) is 1.06. The molecule has 1 heterocycles. The van der Waals surface area contributed by atoms with Gasteiger partial charge in [0, 0.05) is 13.0 Å². The Morgan fingerprint density at radius 2 is 2.29 bits per heavy atom. The van der Waals surface area contributed by atoms with Gasteiger partial charge >= 0.3 is 0 Å². The van der Waals surface area contributed by atoms with E-state index in [0.29, 0.717) is 12.5 Å². The first-order chi connectivity index (χ1) is 6.56. The molecular weight excluding hydrogens is 198 g/mol. The zero-order chi connectivity index (χ0) is 10.7. The molecule has 0 bridgehead atoms. The smallest absolute Gasteiger partial charge is 0.135 e. The molecule has 0 saturated carbocycles. The maximum Gasteiger partial charge on any atom is 0.135 e. The lowest BCUT2D eigenvalue weighted by Gasteiger charge is -1.97. The average molecular weight is 213 g/mol. The lowest BCUT2D eigenvalue weighted by atomic mass is 10.2. The van der Waals surface area contributed by atoms with Crippen LogP contribution >= 0.6 is 11.3 Å². The van der Waals surface area contributed by atoms with Crippen LogP contribution in [0.1, 0.15) is 35.3 Å². The maximum absolute atomic E-state index is 7.40. The number of ether oxygens (including phenoxy) is 1. The van der Waals surface area contributed by atoms with E-state index in [1.54, 1.807) is 7.11 Å². The molecule has 78 valence electrons. The van der Waals surface area contributed by atoms with Crippen molar-refractivity contribution in [2.45, 2.75) is 26.4 Å². The van der Waals surface area contributed by atoms with Crippen molar-refractivity contribution in [3.05, 3.63) is 15.6 Å². The highest BCUT2D eigenvalue weighted by atomic mass is 32.1. The summed E-state index contributed by atoms with van der Waals surface area (Å²) in [6.07, 6.45) is 0. The Morgan fingerprint density at radius 1 is 1.64 bits per heavy atom. The summed E-state index contributed by atoms with van der Waals surface area (Å²) >= 11 is 1.47. The number of nitrogens with two attached hydrogens (primary N) is 1. The first kappa shape index (κ1) is 11.1. The molecule has 0 aliphatic rings. The van der Waals surface area contributed by atoms with Crippen LogP contribution in [-0.4, -0.2) is 17.9 Å². The van der Waals surface area contributed by atoms with Crippen LogP contribution in [-0.2, 0) is 11.3 Å². The molecule has 0 unspecified atom stereocenters. The van der Waals surface area contributed by atoms with Gasteiger partial charge in [0.25, 0.3) is 0 Å². The van der Waals surface area contributed by atoms with Gasteiger partial charge in [-0.05, 0) is 0 Å². The average Bonchev–Trinajstić information content (AvgIpc) is 2.49. The summed E-state index contributed by atoms with van der Waals surface area (Å²) in [4.78, 5) is 5.13. The zero-order valence-corrected chi connectivity index (χ0v) is 9.44. The molecule has 3 N–H and O–H groups in total. The van der Waals surface area contributed by atoms with Gasteiger partial charge in [0.05, 0.1) is 22.2 Å². The Hall–Kier alpha value is -0.940. The molecule has 1 rings (SSSR count). The third-order valence-electron chi connectivity index (χ3n) is 1.73. The number of hydrogen-bond acceptors (Lipinski definition) is 4. The van der Waals surface area contributed by atoms with E-state index in [4.69, 9.17) is 15.9 Å². The number of nitrogen functional groups attached to an aromatic ring is 1. The third-order valence-corrected chi connectivity index (χ3v) is 3.16. The second-order valence-electron chi connectivity index (χ2n) is 3.33. The van der Waals surface area contributed by atoms with Gasteiger partial charge in [-0.3, -0.25) is 5.41 Å². The second-order valence-corrected chi connectivity index (χ2v) is 4.36. The van der Waals surface area contributed by atoms with Crippen molar-refractivity contribution >= 4 is 17.2 Å². The summed E-state index contributed by atoms with van der Waals surface area (Å²) < 4.78 is 5.00. The fourth-order valence-corrected chi connectivity index (χ4v) is 2.00. The van der Waals surface area contributed by atoms with Crippen molar-refractivity contribution in [2.24, 2.45) is 5.73 Å². The molecule has 0 atom stereocenters. The molecule has 0 fully saturated rings. The Bertz CT molecular complexity index is 333. The molecule has 14 heavy (non-hydrogen) atoms. The van der Waals surface area contributed by atoms with E-state index < -0.39 is 0 Å². The number of thiazole rings is 1. The number of methoxy groups -OCH3 is 1.